The van der Waals surface area contributed by atoms with Crippen LogP contribution in [-0.2, 0) is 13.0 Å². The molecular formula is C20H26N4O. The molecule has 25 heavy (non-hydrogen) atoms. The van der Waals surface area contributed by atoms with Crippen LogP contribution in [0.15, 0.2) is 18.2 Å². The highest BCUT2D eigenvalue weighted by atomic mass is 16.2. The van der Waals surface area contributed by atoms with Crippen LogP contribution < -0.4 is 0 Å². The molecule has 0 spiro atoms. The van der Waals surface area contributed by atoms with Crippen molar-refractivity contribution in [3.63, 3.8) is 0 Å². The third-order valence-corrected chi connectivity index (χ3v) is 6.29. The molecule has 5 rings (SSSR count). The van der Waals surface area contributed by atoms with Crippen molar-refractivity contribution in [1.82, 2.24) is 19.4 Å². The minimum atomic E-state index is 0.166. The molecule has 5 heteroatoms. The molecule has 2 aliphatic heterocycles. The minimum absolute atomic E-state index is 0.166. The molecule has 3 aliphatic rings. The van der Waals surface area contributed by atoms with Crippen molar-refractivity contribution < 1.29 is 4.79 Å². The van der Waals surface area contributed by atoms with E-state index in [-0.39, 0.29) is 5.91 Å². The van der Waals surface area contributed by atoms with Gasteiger partial charge in [0.05, 0.1) is 11.0 Å². The lowest BCUT2D eigenvalue weighted by molar-refractivity contribution is 0.0793. The highest BCUT2D eigenvalue weighted by molar-refractivity contribution is 5.97. The van der Waals surface area contributed by atoms with Gasteiger partial charge >= 0.3 is 0 Å². The molecule has 1 aliphatic carbocycles. The molecule has 0 atom stereocenters. The maximum Gasteiger partial charge on any atom is 0.253 e. The summed E-state index contributed by atoms with van der Waals surface area (Å²) < 4.78 is 2.37. The quantitative estimate of drug-likeness (QED) is 0.845. The van der Waals surface area contributed by atoms with Crippen LogP contribution >= 0.6 is 0 Å². The van der Waals surface area contributed by atoms with Crippen LogP contribution in [0.5, 0.6) is 0 Å². The highest BCUT2D eigenvalue weighted by Gasteiger charge is 2.27. The summed E-state index contributed by atoms with van der Waals surface area (Å²) in [6, 6.07) is 6.91. The molecule has 0 radical (unpaired) electrons. The summed E-state index contributed by atoms with van der Waals surface area (Å²) in [5.74, 6) is 1.35. The first-order valence-corrected chi connectivity index (χ1v) is 9.82. The van der Waals surface area contributed by atoms with E-state index in [9.17, 15) is 4.79 Å². The Morgan fingerprint density at radius 3 is 2.60 bits per heavy atom. The van der Waals surface area contributed by atoms with Crippen molar-refractivity contribution in [3.05, 3.63) is 29.6 Å². The number of benzene rings is 1. The molecule has 1 aromatic carbocycles. The Kier molecular flexibility index (Phi) is 3.77. The molecule has 1 aromatic heterocycles. The number of carbonyl (C=O) groups excluding carboxylic acids is 1. The number of fused-ring (bicyclic) bond motifs is 3. The van der Waals surface area contributed by atoms with E-state index in [1.54, 1.807) is 0 Å². The second kappa shape index (κ2) is 6.13. The lowest BCUT2D eigenvalue weighted by Crippen LogP contribution is -2.41. The second-order valence-corrected chi connectivity index (χ2v) is 7.75. The van der Waals surface area contributed by atoms with Crippen molar-refractivity contribution in [2.75, 3.05) is 26.2 Å². The predicted octanol–water partition coefficient (Wildman–Crippen LogP) is 2.68. The van der Waals surface area contributed by atoms with Crippen LogP contribution in [-0.4, -0.2) is 57.5 Å². The molecule has 1 amide bonds. The van der Waals surface area contributed by atoms with Crippen molar-refractivity contribution in [2.45, 2.75) is 51.1 Å². The van der Waals surface area contributed by atoms with E-state index in [0.717, 1.165) is 69.1 Å². The van der Waals surface area contributed by atoms with Crippen molar-refractivity contribution in [1.29, 1.82) is 0 Å². The number of aromatic nitrogens is 2. The topological polar surface area (TPSA) is 41.4 Å². The van der Waals surface area contributed by atoms with E-state index >= 15 is 0 Å². The maximum absolute atomic E-state index is 12.6. The molecule has 0 unspecified atom stereocenters. The molecule has 132 valence electrons. The van der Waals surface area contributed by atoms with E-state index in [4.69, 9.17) is 4.98 Å². The molecule has 1 saturated heterocycles. The van der Waals surface area contributed by atoms with Crippen LogP contribution in [0.1, 0.15) is 48.3 Å². The van der Waals surface area contributed by atoms with E-state index in [0.29, 0.717) is 0 Å². The van der Waals surface area contributed by atoms with Crippen molar-refractivity contribution >= 4 is 16.9 Å². The van der Waals surface area contributed by atoms with Crippen LogP contribution in [0.25, 0.3) is 11.0 Å². The van der Waals surface area contributed by atoms with Crippen LogP contribution in [0.2, 0.25) is 0 Å². The summed E-state index contributed by atoms with van der Waals surface area (Å²) >= 11 is 0. The van der Waals surface area contributed by atoms with Crippen LogP contribution in [0.4, 0.5) is 0 Å². The van der Waals surface area contributed by atoms with Gasteiger partial charge in [0.1, 0.15) is 5.82 Å². The summed E-state index contributed by atoms with van der Waals surface area (Å²) in [5.41, 5.74) is 2.96. The number of carbonyl (C=O) groups is 1. The lowest BCUT2D eigenvalue weighted by Gasteiger charge is -2.36. The van der Waals surface area contributed by atoms with Gasteiger partial charge in [-0.25, -0.2) is 4.98 Å². The first kappa shape index (κ1) is 15.4. The maximum atomic E-state index is 12.6. The summed E-state index contributed by atoms with van der Waals surface area (Å²) in [5, 5.41) is 0. The van der Waals surface area contributed by atoms with Crippen molar-refractivity contribution in [3.8, 4) is 0 Å². The fourth-order valence-electron chi connectivity index (χ4n) is 4.56. The van der Waals surface area contributed by atoms with E-state index in [1.807, 2.05) is 17.0 Å². The Hall–Kier alpha value is -1.88. The van der Waals surface area contributed by atoms with Gasteiger partial charge in [0.25, 0.3) is 5.91 Å². The minimum Gasteiger partial charge on any atom is -0.339 e. The second-order valence-electron chi connectivity index (χ2n) is 7.75. The summed E-state index contributed by atoms with van der Waals surface area (Å²) in [4.78, 5) is 22.1. The lowest BCUT2D eigenvalue weighted by atomic mass is 9.91. The number of hydrogen-bond donors (Lipinski definition) is 0. The van der Waals surface area contributed by atoms with Crippen LogP contribution in [0, 0.1) is 0 Å². The predicted molar refractivity (Wildman–Crippen MR) is 97.8 cm³/mol. The Morgan fingerprint density at radius 1 is 1.00 bits per heavy atom. The summed E-state index contributed by atoms with van der Waals surface area (Å²) in [6.07, 6.45) is 7.40. The molecule has 3 heterocycles. The zero-order chi connectivity index (χ0) is 16.8. The third-order valence-electron chi connectivity index (χ3n) is 6.29. The number of nitrogens with zero attached hydrogens (tertiary/aromatic N) is 4. The molecule has 5 nitrogen and oxygen atoms in total. The normalized spacial score (nSPS) is 22.0. The smallest absolute Gasteiger partial charge is 0.253 e. The van der Waals surface area contributed by atoms with Gasteiger partial charge in [0.2, 0.25) is 0 Å². The van der Waals surface area contributed by atoms with Gasteiger partial charge in [-0.15, -0.1) is 0 Å². The van der Waals surface area contributed by atoms with Crippen LogP contribution in [0.3, 0.4) is 0 Å². The Bertz CT molecular complexity index is 801. The van der Waals surface area contributed by atoms with Gasteiger partial charge in [-0.3, -0.25) is 9.69 Å². The Balaban J connectivity index is 1.41. The first-order valence-electron chi connectivity index (χ1n) is 9.82. The number of amides is 1. The number of rotatable bonds is 2. The number of hydrogen-bond acceptors (Lipinski definition) is 3. The Labute approximate surface area is 148 Å². The zero-order valence-electron chi connectivity index (χ0n) is 14.8. The van der Waals surface area contributed by atoms with Gasteiger partial charge in [-0.1, -0.05) is 6.42 Å². The van der Waals surface area contributed by atoms with Gasteiger partial charge in [0.15, 0.2) is 0 Å². The monoisotopic (exact) mass is 338 g/mol. The number of imidazole rings is 1. The molecule has 1 saturated carbocycles. The standard InChI is InChI=1S/C20H26N4O/c25-20(23-9-1-2-10-23)15-6-7-18-17(14-15)21-19-8-11-22(12-13-24(18)19)16-4-3-5-16/h6-7,14,16H,1-5,8-13H2. The molecule has 2 fully saturated rings. The van der Waals surface area contributed by atoms with E-state index < -0.39 is 0 Å². The van der Waals surface area contributed by atoms with Gasteiger partial charge < -0.3 is 9.47 Å². The SMILES string of the molecule is O=C(c1ccc2c(c1)nc1n2CCN(C2CCC2)CC1)N1CCCC1. The largest absolute Gasteiger partial charge is 0.339 e. The van der Waals surface area contributed by atoms with Gasteiger partial charge in [-0.2, -0.15) is 0 Å². The molecule has 0 bridgehead atoms. The highest BCUT2D eigenvalue weighted by Crippen LogP contribution is 2.27. The average Bonchev–Trinajstić information content (AvgIpc) is 3.18. The molecule has 0 N–H and O–H groups in total. The van der Waals surface area contributed by atoms with Crippen molar-refractivity contribution in [2.24, 2.45) is 0 Å². The van der Waals surface area contributed by atoms with E-state index in [2.05, 4.69) is 15.5 Å². The molecular weight excluding hydrogens is 312 g/mol. The fourth-order valence-corrected chi connectivity index (χ4v) is 4.56. The van der Waals surface area contributed by atoms with E-state index in [1.165, 1.54) is 30.6 Å². The summed E-state index contributed by atoms with van der Waals surface area (Å²) in [6.45, 7) is 5.05. The summed E-state index contributed by atoms with van der Waals surface area (Å²) in [7, 11) is 0. The first-order chi connectivity index (χ1) is 12.3. The fraction of sp³-hybridized carbons (Fsp3) is 0.600. The zero-order valence-corrected chi connectivity index (χ0v) is 14.8. The average molecular weight is 338 g/mol. The van der Waals surface area contributed by atoms with Gasteiger partial charge in [-0.05, 0) is 43.9 Å². The Morgan fingerprint density at radius 2 is 1.84 bits per heavy atom. The molecule has 2 aromatic rings. The third kappa shape index (κ3) is 2.65. The number of likely N-dealkylation sites (tertiary alicyclic amines) is 1. The van der Waals surface area contributed by atoms with Gasteiger partial charge in [0, 0.05) is 50.7 Å².